The van der Waals surface area contributed by atoms with E-state index in [9.17, 15) is 4.39 Å². The molecule has 3 nitrogen and oxygen atoms in total. The van der Waals surface area contributed by atoms with Gasteiger partial charge < -0.3 is 10.5 Å². The average Bonchev–Trinajstić information content (AvgIpc) is 2.28. The number of aryl methyl sites for hydroxylation is 1. The van der Waals surface area contributed by atoms with Crippen molar-refractivity contribution in [3.63, 3.8) is 0 Å². The molecule has 0 spiro atoms. The topological polar surface area (TPSA) is 48.1 Å². The highest BCUT2D eigenvalue weighted by Gasteiger charge is 2.11. The second kappa shape index (κ2) is 4.90. The third-order valence-electron chi connectivity index (χ3n) is 2.79. The first-order valence-electron chi connectivity index (χ1n) is 5.90. The number of nitrogens with two attached hydrogens (primary N) is 1. The third-order valence-corrected chi connectivity index (χ3v) is 2.79. The Morgan fingerprint density at radius 1 is 1.39 bits per heavy atom. The quantitative estimate of drug-likeness (QED) is 0.908. The lowest BCUT2D eigenvalue weighted by Crippen LogP contribution is -2.17. The minimum atomic E-state index is -0.329. The molecule has 2 aromatic rings. The smallest absolute Gasteiger partial charge is 0.149 e. The molecule has 0 saturated carbocycles. The monoisotopic (exact) mass is 248 g/mol. The molecule has 4 heteroatoms. The van der Waals surface area contributed by atoms with E-state index in [4.69, 9.17) is 10.5 Å². The van der Waals surface area contributed by atoms with Gasteiger partial charge in [-0.1, -0.05) is 0 Å². The predicted octanol–water partition coefficient (Wildman–Crippen LogP) is 2.58. The van der Waals surface area contributed by atoms with Crippen LogP contribution in [0, 0.1) is 12.7 Å². The Balaban J connectivity index is 2.66. The van der Waals surface area contributed by atoms with Gasteiger partial charge in [-0.3, -0.25) is 0 Å². The fraction of sp³-hybridized carbons (Fsp3) is 0.357. The van der Waals surface area contributed by atoms with E-state index in [1.54, 1.807) is 13.2 Å². The SMILES string of the molecule is COc1cc(C)nc2c(F)cc(CC(C)N)cc12. The minimum Gasteiger partial charge on any atom is -0.496 e. The first-order chi connectivity index (χ1) is 8.51. The molecular weight excluding hydrogens is 231 g/mol. The number of halogens is 1. The van der Waals surface area contributed by atoms with Crippen LogP contribution in [0.2, 0.25) is 0 Å². The third kappa shape index (κ3) is 2.43. The van der Waals surface area contributed by atoms with Crippen LogP contribution in [0.4, 0.5) is 4.39 Å². The Labute approximate surface area is 106 Å². The predicted molar refractivity (Wildman–Crippen MR) is 70.3 cm³/mol. The lowest BCUT2D eigenvalue weighted by Gasteiger charge is -2.11. The van der Waals surface area contributed by atoms with Gasteiger partial charge in [-0.2, -0.15) is 0 Å². The van der Waals surface area contributed by atoms with Gasteiger partial charge in [0.15, 0.2) is 0 Å². The Morgan fingerprint density at radius 2 is 2.11 bits per heavy atom. The number of hydrogen-bond donors (Lipinski definition) is 1. The van der Waals surface area contributed by atoms with Crippen LogP contribution in [0.25, 0.3) is 10.9 Å². The summed E-state index contributed by atoms with van der Waals surface area (Å²) in [5, 5.41) is 0.693. The Bertz CT molecular complexity index is 582. The number of nitrogens with zero attached hydrogens (tertiary/aromatic N) is 1. The van der Waals surface area contributed by atoms with Crippen molar-refractivity contribution in [2.45, 2.75) is 26.3 Å². The number of pyridine rings is 1. The molecule has 2 rings (SSSR count). The highest BCUT2D eigenvalue weighted by molar-refractivity contribution is 5.86. The van der Waals surface area contributed by atoms with E-state index < -0.39 is 0 Å². The molecule has 0 saturated heterocycles. The van der Waals surface area contributed by atoms with Crippen molar-refractivity contribution >= 4 is 10.9 Å². The van der Waals surface area contributed by atoms with Gasteiger partial charge in [0.1, 0.15) is 17.1 Å². The normalized spacial score (nSPS) is 12.7. The molecule has 0 aliphatic rings. The fourth-order valence-corrected chi connectivity index (χ4v) is 2.09. The molecule has 0 bridgehead atoms. The molecule has 1 aromatic carbocycles. The van der Waals surface area contributed by atoms with E-state index in [1.165, 1.54) is 6.07 Å². The van der Waals surface area contributed by atoms with Crippen molar-refractivity contribution in [3.8, 4) is 5.75 Å². The van der Waals surface area contributed by atoms with Crippen LogP contribution in [0.3, 0.4) is 0 Å². The zero-order valence-corrected chi connectivity index (χ0v) is 10.8. The maximum atomic E-state index is 14.0. The Kier molecular flexibility index (Phi) is 3.48. The maximum Gasteiger partial charge on any atom is 0.149 e. The van der Waals surface area contributed by atoms with Crippen molar-refractivity contribution in [2.24, 2.45) is 5.73 Å². The second-order valence-corrected chi connectivity index (χ2v) is 4.62. The standard InChI is InChI=1S/C14H17FN2O/c1-8(16)4-10-6-11-13(18-3)5-9(2)17-14(11)12(15)7-10/h5-8H,4,16H2,1-3H3. The van der Waals surface area contributed by atoms with E-state index >= 15 is 0 Å². The summed E-state index contributed by atoms with van der Waals surface area (Å²) in [5.74, 6) is 0.313. The number of aromatic nitrogens is 1. The van der Waals surface area contributed by atoms with Gasteiger partial charge in [-0.25, -0.2) is 9.37 Å². The van der Waals surface area contributed by atoms with Gasteiger partial charge >= 0.3 is 0 Å². The maximum absolute atomic E-state index is 14.0. The van der Waals surface area contributed by atoms with Crippen LogP contribution < -0.4 is 10.5 Å². The van der Waals surface area contributed by atoms with Crippen LogP contribution in [0.15, 0.2) is 18.2 Å². The van der Waals surface area contributed by atoms with Crippen LogP contribution in [-0.4, -0.2) is 18.1 Å². The molecule has 18 heavy (non-hydrogen) atoms. The molecule has 0 radical (unpaired) electrons. The molecular formula is C14H17FN2O. The van der Waals surface area contributed by atoms with E-state index in [1.807, 2.05) is 19.9 Å². The molecule has 1 aromatic heterocycles. The Hall–Kier alpha value is -1.68. The number of fused-ring (bicyclic) bond motifs is 1. The van der Waals surface area contributed by atoms with Crippen LogP contribution >= 0.6 is 0 Å². The fourth-order valence-electron chi connectivity index (χ4n) is 2.09. The molecule has 1 heterocycles. The van der Waals surface area contributed by atoms with E-state index in [-0.39, 0.29) is 11.9 Å². The van der Waals surface area contributed by atoms with Crippen molar-refractivity contribution in [1.82, 2.24) is 4.98 Å². The van der Waals surface area contributed by atoms with Crippen molar-refractivity contribution in [1.29, 1.82) is 0 Å². The van der Waals surface area contributed by atoms with E-state index in [0.29, 0.717) is 23.1 Å². The van der Waals surface area contributed by atoms with Crippen LogP contribution in [0.1, 0.15) is 18.2 Å². The summed E-state index contributed by atoms with van der Waals surface area (Å²) >= 11 is 0. The lowest BCUT2D eigenvalue weighted by molar-refractivity contribution is 0.419. The number of hydrogen-bond acceptors (Lipinski definition) is 3. The molecule has 0 fully saturated rings. The summed E-state index contributed by atoms with van der Waals surface area (Å²) in [6.45, 7) is 3.71. The van der Waals surface area contributed by atoms with Crippen LogP contribution in [0.5, 0.6) is 5.75 Å². The second-order valence-electron chi connectivity index (χ2n) is 4.62. The summed E-state index contributed by atoms with van der Waals surface area (Å²) in [7, 11) is 1.57. The number of methoxy groups -OCH3 is 1. The highest BCUT2D eigenvalue weighted by Crippen LogP contribution is 2.28. The van der Waals surface area contributed by atoms with Gasteiger partial charge in [0, 0.05) is 23.2 Å². The molecule has 0 aliphatic carbocycles. The van der Waals surface area contributed by atoms with Gasteiger partial charge in [0.05, 0.1) is 7.11 Å². The summed E-state index contributed by atoms with van der Waals surface area (Å²) in [6, 6.07) is 5.19. The van der Waals surface area contributed by atoms with Gasteiger partial charge in [-0.05, 0) is 38.0 Å². The highest BCUT2D eigenvalue weighted by atomic mass is 19.1. The van der Waals surface area contributed by atoms with E-state index in [2.05, 4.69) is 4.98 Å². The first-order valence-corrected chi connectivity index (χ1v) is 5.90. The summed E-state index contributed by atoms with van der Waals surface area (Å²) in [5.41, 5.74) is 7.69. The Morgan fingerprint density at radius 3 is 2.72 bits per heavy atom. The molecule has 0 amide bonds. The van der Waals surface area contributed by atoms with Gasteiger partial charge in [0.25, 0.3) is 0 Å². The van der Waals surface area contributed by atoms with Gasteiger partial charge in [-0.15, -0.1) is 0 Å². The summed E-state index contributed by atoms with van der Waals surface area (Å²) in [4.78, 5) is 4.22. The van der Waals surface area contributed by atoms with E-state index in [0.717, 1.165) is 11.3 Å². The van der Waals surface area contributed by atoms with Crippen molar-refractivity contribution in [2.75, 3.05) is 7.11 Å². The number of ether oxygens (including phenoxy) is 1. The molecule has 0 aliphatic heterocycles. The lowest BCUT2D eigenvalue weighted by atomic mass is 10.0. The average molecular weight is 248 g/mol. The molecule has 1 atom stereocenters. The molecule has 96 valence electrons. The molecule has 2 N–H and O–H groups in total. The minimum absolute atomic E-state index is 0.00810. The van der Waals surface area contributed by atoms with Crippen LogP contribution in [-0.2, 0) is 6.42 Å². The zero-order valence-electron chi connectivity index (χ0n) is 10.8. The van der Waals surface area contributed by atoms with Crippen molar-refractivity contribution in [3.05, 3.63) is 35.3 Å². The number of rotatable bonds is 3. The summed E-state index contributed by atoms with van der Waals surface area (Å²) in [6.07, 6.45) is 0.629. The number of benzene rings is 1. The summed E-state index contributed by atoms with van der Waals surface area (Å²) < 4.78 is 19.3. The largest absolute Gasteiger partial charge is 0.496 e. The van der Waals surface area contributed by atoms with Gasteiger partial charge in [0.2, 0.25) is 0 Å². The zero-order chi connectivity index (χ0) is 13.3. The first kappa shape index (κ1) is 12.8. The van der Waals surface area contributed by atoms with Crippen molar-refractivity contribution < 1.29 is 9.13 Å². The molecule has 1 unspecified atom stereocenters.